The van der Waals surface area contributed by atoms with Gasteiger partial charge in [0.15, 0.2) is 5.82 Å². The largest absolute Gasteiger partial charge is 0.397 e. The zero-order valence-corrected chi connectivity index (χ0v) is 9.64. The second-order valence-electron chi connectivity index (χ2n) is 3.88. The number of nitrogen functional groups attached to an aromatic ring is 1. The Labute approximate surface area is 100 Å². The lowest BCUT2D eigenvalue weighted by molar-refractivity contribution is 1.17. The molecule has 2 aromatic rings. The van der Waals surface area contributed by atoms with Crippen LogP contribution in [0.2, 0.25) is 0 Å². The minimum atomic E-state index is 0.299. The molecule has 0 spiro atoms. The third-order valence-corrected chi connectivity index (χ3v) is 2.45. The molecule has 1 aromatic heterocycles. The van der Waals surface area contributed by atoms with Crippen LogP contribution >= 0.6 is 0 Å². The molecular weight excluding hydrogens is 212 g/mol. The Morgan fingerprint density at radius 1 is 1.24 bits per heavy atom. The first-order valence-electron chi connectivity index (χ1n) is 5.22. The lowest BCUT2D eigenvalue weighted by Gasteiger charge is -2.06. The van der Waals surface area contributed by atoms with Gasteiger partial charge in [0.2, 0.25) is 0 Å². The van der Waals surface area contributed by atoms with E-state index in [-0.39, 0.29) is 0 Å². The molecule has 4 nitrogen and oxygen atoms in total. The monoisotopic (exact) mass is 226 g/mol. The highest BCUT2D eigenvalue weighted by atomic mass is 14.9. The van der Waals surface area contributed by atoms with Crippen LogP contribution in [0, 0.1) is 6.92 Å². The SMILES string of the molecule is C=C(N)c1nc(-c2ccc(C)cc2)cnc1N. The second-order valence-corrected chi connectivity index (χ2v) is 3.88. The Morgan fingerprint density at radius 3 is 2.47 bits per heavy atom. The number of aromatic nitrogens is 2. The van der Waals surface area contributed by atoms with Crippen LogP contribution in [0.5, 0.6) is 0 Å². The fourth-order valence-corrected chi connectivity index (χ4v) is 1.50. The Balaban J connectivity index is 2.50. The van der Waals surface area contributed by atoms with Crippen LogP contribution in [0.3, 0.4) is 0 Å². The number of aryl methyl sites for hydroxylation is 1. The van der Waals surface area contributed by atoms with E-state index in [2.05, 4.69) is 16.5 Å². The Morgan fingerprint density at radius 2 is 1.88 bits per heavy atom. The van der Waals surface area contributed by atoms with Gasteiger partial charge >= 0.3 is 0 Å². The number of nitrogens with two attached hydrogens (primary N) is 2. The third kappa shape index (κ3) is 2.25. The van der Waals surface area contributed by atoms with Gasteiger partial charge < -0.3 is 11.5 Å². The summed E-state index contributed by atoms with van der Waals surface area (Å²) in [5.74, 6) is 0.299. The Bertz CT molecular complexity index is 558. The van der Waals surface area contributed by atoms with Crippen molar-refractivity contribution >= 4 is 11.5 Å². The molecule has 4 N–H and O–H groups in total. The van der Waals surface area contributed by atoms with E-state index >= 15 is 0 Å². The van der Waals surface area contributed by atoms with Crippen molar-refractivity contribution in [2.45, 2.75) is 6.92 Å². The van der Waals surface area contributed by atoms with E-state index in [0.29, 0.717) is 17.2 Å². The van der Waals surface area contributed by atoms with Gasteiger partial charge in [0.1, 0.15) is 5.69 Å². The normalized spacial score (nSPS) is 10.2. The van der Waals surface area contributed by atoms with Crippen LogP contribution in [0.1, 0.15) is 11.3 Å². The van der Waals surface area contributed by atoms with Crippen LogP contribution in [0.15, 0.2) is 37.0 Å². The number of nitrogens with zero attached hydrogens (tertiary/aromatic N) is 2. The molecule has 0 aliphatic carbocycles. The van der Waals surface area contributed by atoms with Gasteiger partial charge in [-0.3, -0.25) is 0 Å². The van der Waals surface area contributed by atoms with Crippen molar-refractivity contribution in [3.8, 4) is 11.3 Å². The molecule has 4 heteroatoms. The van der Waals surface area contributed by atoms with Gasteiger partial charge in [-0.2, -0.15) is 0 Å². The molecule has 0 fully saturated rings. The number of hydrogen-bond acceptors (Lipinski definition) is 4. The molecule has 0 unspecified atom stereocenters. The van der Waals surface area contributed by atoms with E-state index < -0.39 is 0 Å². The van der Waals surface area contributed by atoms with Gasteiger partial charge in [0, 0.05) is 5.56 Å². The summed E-state index contributed by atoms with van der Waals surface area (Å²) < 4.78 is 0. The molecule has 0 bridgehead atoms. The van der Waals surface area contributed by atoms with E-state index in [0.717, 1.165) is 11.3 Å². The molecular formula is C13H14N4. The quantitative estimate of drug-likeness (QED) is 0.820. The van der Waals surface area contributed by atoms with Crippen molar-refractivity contribution in [2.75, 3.05) is 5.73 Å². The summed E-state index contributed by atoms with van der Waals surface area (Å²) in [6.45, 7) is 5.66. The van der Waals surface area contributed by atoms with Crippen molar-refractivity contribution in [1.29, 1.82) is 0 Å². The molecule has 0 saturated carbocycles. The maximum absolute atomic E-state index is 5.68. The molecule has 0 amide bonds. The maximum Gasteiger partial charge on any atom is 0.151 e. The van der Waals surface area contributed by atoms with Crippen molar-refractivity contribution in [2.24, 2.45) is 5.73 Å². The van der Waals surface area contributed by atoms with Gasteiger partial charge in [0.05, 0.1) is 17.6 Å². The molecule has 17 heavy (non-hydrogen) atoms. The molecule has 1 heterocycles. The average Bonchev–Trinajstić information content (AvgIpc) is 2.30. The Hall–Kier alpha value is -2.36. The van der Waals surface area contributed by atoms with Crippen molar-refractivity contribution in [3.05, 3.63) is 48.3 Å². The number of benzene rings is 1. The van der Waals surface area contributed by atoms with Gasteiger partial charge in [-0.05, 0) is 6.92 Å². The highest BCUT2D eigenvalue weighted by Gasteiger charge is 2.07. The summed E-state index contributed by atoms with van der Waals surface area (Å²) in [6, 6.07) is 8.01. The van der Waals surface area contributed by atoms with E-state index in [1.807, 2.05) is 31.2 Å². The topological polar surface area (TPSA) is 77.8 Å². The van der Waals surface area contributed by atoms with Gasteiger partial charge in [-0.15, -0.1) is 0 Å². The number of rotatable bonds is 2. The minimum absolute atomic E-state index is 0.299. The van der Waals surface area contributed by atoms with Crippen LogP contribution in [-0.2, 0) is 0 Å². The van der Waals surface area contributed by atoms with E-state index in [9.17, 15) is 0 Å². The molecule has 1 aromatic carbocycles. The number of anilines is 1. The molecule has 0 aliphatic heterocycles. The summed E-state index contributed by atoms with van der Waals surface area (Å²) in [4.78, 5) is 8.43. The first-order chi connectivity index (χ1) is 8.08. The van der Waals surface area contributed by atoms with Crippen LogP contribution in [0.25, 0.3) is 17.0 Å². The van der Waals surface area contributed by atoms with Crippen molar-refractivity contribution < 1.29 is 0 Å². The molecule has 2 rings (SSSR count). The molecule has 0 atom stereocenters. The summed E-state index contributed by atoms with van der Waals surface area (Å²) in [5.41, 5.74) is 15.0. The lowest BCUT2D eigenvalue weighted by Crippen LogP contribution is -2.05. The fourth-order valence-electron chi connectivity index (χ4n) is 1.50. The van der Waals surface area contributed by atoms with E-state index in [1.165, 1.54) is 5.56 Å². The summed E-state index contributed by atoms with van der Waals surface area (Å²) >= 11 is 0. The maximum atomic E-state index is 5.68. The predicted molar refractivity (Wildman–Crippen MR) is 69.8 cm³/mol. The molecule has 0 radical (unpaired) electrons. The van der Waals surface area contributed by atoms with Crippen LogP contribution in [0.4, 0.5) is 5.82 Å². The first-order valence-corrected chi connectivity index (χ1v) is 5.22. The first kappa shape index (κ1) is 11.1. The zero-order valence-electron chi connectivity index (χ0n) is 9.64. The standard InChI is InChI=1S/C13H14N4/c1-8-3-5-10(6-4-8)11-7-16-13(15)12(17-11)9(2)14/h3-7H,2,14H2,1H3,(H2,15,16). The average molecular weight is 226 g/mol. The molecule has 0 aliphatic rings. The van der Waals surface area contributed by atoms with Crippen LogP contribution in [-0.4, -0.2) is 9.97 Å². The van der Waals surface area contributed by atoms with Crippen LogP contribution < -0.4 is 11.5 Å². The summed E-state index contributed by atoms with van der Waals surface area (Å²) in [7, 11) is 0. The fraction of sp³-hybridized carbons (Fsp3) is 0.0769. The highest BCUT2D eigenvalue weighted by Crippen LogP contribution is 2.20. The minimum Gasteiger partial charge on any atom is -0.397 e. The van der Waals surface area contributed by atoms with Gasteiger partial charge in [-0.1, -0.05) is 36.4 Å². The summed E-state index contributed by atoms with van der Waals surface area (Å²) in [6.07, 6.45) is 1.63. The summed E-state index contributed by atoms with van der Waals surface area (Å²) in [5, 5.41) is 0. The van der Waals surface area contributed by atoms with E-state index in [1.54, 1.807) is 6.20 Å². The molecule has 0 saturated heterocycles. The lowest BCUT2D eigenvalue weighted by atomic mass is 10.1. The van der Waals surface area contributed by atoms with Crippen molar-refractivity contribution in [3.63, 3.8) is 0 Å². The number of hydrogen-bond donors (Lipinski definition) is 2. The highest BCUT2D eigenvalue weighted by molar-refractivity contribution is 5.69. The van der Waals surface area contributed by atoms with E-state index in [4.69, 9.17) is 11.5 Å². The second kappa shape index (κ2) is 4.25. The zero-order chi connectivity index (χ0) is 12.4. The van der Waals surface area contributed by atoms with Gasteiger partial charge in [-0.25, -0.2) is 9.97 Å². The van der Waals surface area contributed by atoms with Crippen molar-refractivity contribution in [1.82, 2.24) is 9.97 Å². The molecule has 86 valence electrons. The third-order valence-electron chi connectivity index (χ3n) is 2.45. The van der Waals surface area contributed by atoms with Gasteiger partial charge in [0.25, 0.3) is 0 Å². The predicted octanol–water partition coefficient (Wildman–Crippen LogP) is 1.96. The Kier molecular flexibility index (Phi) is 2.78. The smallest absolute Gasteiger partial charge is 0.151 e.